The molecule has 2 aliphatic rings. The molecule has 1 N–H and O–H groups in total. The maximum atomic E-state index is 11.0. The van der Waals surface area contributed by atoms with E-state index < -0.39 is 0 Å². The van der Waals surface area contributed by atoms with Crippen LogP contribution in [-0.2, 0) is 4.79 Å². The zero-order valence-electron chi connectivity index (χ0n) is 10.9. The zero-order chi connectivity index (χ0) is 13.2. The third-order valence-electron chi connectivity index (χ3n) is 3.07. The number of rotatable bonds is 2. The summed E-state index contributed by atoms with van der Waals surface area (Å²) in [4.78, 5) is 11.0. The van der Waals surface area contributed by atoms with Crippen LogP contribution in [0.4, 0.5) is 0 Å². The summed E-state index contributed by atoms with van der Waals surface area (Å²) in [5.74, 6) is 0.426. The van der Waals surface area contributed by atoms with Gasteiger partial charge in [-0.25, -0.2) is 0 Å². The van der Waals surface area contributed by atoms with Crippen LogP contribution in [0.15, 0.2) is 33.5 Å². The van der Waals surface area contributed by atoms with Gasteiger partial charge in [0.1, 0.15) is 0 Å². The molecule has 2 rings (SSSR count). The molecule has 1 heterocycles. The Hall–Kier alpha value is -1.36. The number of amides is 1. The molecule has 4 nitrogen and oxygen atoms in total. The highest BCUT2D eigenvalue weighted by Crippen LogP contribution is 2.35. The normalized spacial score (nSPS) is 25.3. The predicted octanol–water partition coefficient (Wildman–Crippen LogP) is 2.49. The second kappa shape index (κ2) is 5.10. The van der Waals surface area contributed by atoms with Crippen LogP contribution in [0.25, 0.3) is 0 Å². The molecule has 1 fully saturated rings. The Morgan fingerprint density at radius 1 is 1.50 bits per heavy atom. The molecule has 0 atom stereocenters. The first-order chi connectivity index (χ1) is 8.49. The molecule has 0 saturated carbocycles. The second-order valence-corrected chi connectivity index (χ2v) is 6.04. The Balaban J connectivity index is 2.13. The lowest BCUT2D eigenvalue weighted by atomic mass is 9.76. The molecule has 0 unspecified atom stereocenters. The molecule has 0 spiro atoms. The first-order valence-electron chi connectivity index (χ1n) is 5.90. The van der Waals surface area contributed by atoms with Crippen LogP contribution < -0.4 is 5.32 Å². The monoisotopic (exact) mass is 263 g/mol. The van der Waals surface area contributed by atoms with E-state index in [4.69, 9.17) is 0 Å². The average molecular weight is 263 g/mol. The van der Waals surface area contributed by atoms with E-state index in [1.165, 1.54) is 22.9 Å². The summed E-state index contributed by atoms with van der Waals surface area (Å²) in [7, 11) is 0. The highest BCUT2D eigenvalue weighted by atomic mass is 32.2. The van der Waals surface area contributed by atoms with Crippen LogP contribution in [-0.4, -0.2) is 23.0 Å². The molecule has 0 aromatic carbocycles. The molecular weight excluding hydrogens is 246 g/mol. The Kier molecular flexibility index (Phi) is 3.71. The summed E-state index contributed by atoms with van der Waals surface area (Å²) in [6.07, 6.45) is 7.11. The van der Waals surface area contributed by atoms with Crippen molar-refractivity contribution in [2.75, 3.05) is 5.75 Å². The fourth-order valence-electron chi connectivity index (χ4n) is 2.06. The standard InChI is InChI=1S/C13H17N3OS/c1-9-5-4-6-13(2,3)10(9)7-14-16-12-15-11(17)8-18-12/h4-5,7H,6,8H2,1-3H3,(H,15,16,17)/b14-7+. The van der Waals surface area contributed by atoms with Crippen molar-refractivity contribution in [2.45, 2.75) is 27.2 Å². The average Bonchev–Trinajstić information content (AvgIpc) is 2.68. The third-order valence-corrected chi connectivity index (χ3v) is 3.94. The highest BCUT2D eigenvalue weighted by molar-refractivity contribution is 8.15. The molecule has 1 aliphatic heterocycles. The number of hydrogen-bond donors (Lipinski definition) is 1. The summed E-state index contributed by atoms with van der Waals surface area (Å²) in [6, 6.07) is 0. The first-order valence-corrected chi connectivity index (χ1v) is 6.89. The molecule has 0 aromatic heterocycles. The fourth-order valence-corrected chi connectivity index (χ4v) is 2.69. The lowest BCUT2D eigenvalue weighted by Crippen LogP contribution is -2.20. The molecule has 18 heavy (non-hydrogen) atoms. The van der Waals surface area contributed by atoms with Gasteiger partial charge in [-0.3, -0.25) is 4.79 Å². The maximum absolute atomic E-state index is 11.0. The largest absolute Gasteiger partial charge is 0.303 e. The highest BCUT2D eigenvalue weighted by Gasteiger charge is 2.24. The van der Waals surface area contributed by atoms with E-state index in [0.29, 0.717) is 10.9 Å². The number of amidine groups is 1. The van der Waals surface area contributed by atoms with Crippen molar-refractivity contribution in [3.8, 4) is 0 Å². The predicted molar refractivity (Wildman–Crippen MR) is 76.8 cm³/mol. The number of carbonyl (C=O) groups excluding carboxylic acids is 1. The minimum atomic E-state index is -0.00900. The van der Waals surface area contributed by atoms with Crippen molar-refractivity contribution in [3.05, 3.63) is 23.3 Å². The molecule has 0 radical (unpaired) electrons. The van der Waals surface area contributed by atoms with Crippen molar-refractivity contribution in [1.29, 1.82) is 0 Å². The molecule has 96 valence electrons. The van der Waals surface area contributed by atoms with Crippen LogP contribution in [0.5, 0.6) is 0 Å². The van der Waals surface area contributed by atoms with Crippen LogP contribution in [0, 0.1) is 5.41 Å². The minimum absolute atomic E-state index is 0.00900. The van der Waals surface area contributed by atoms with Gasteiger partial charge in [-0.05, 0) is 29.9 Å². The minimum Gasteiger partial charge on any atom is -0.303 e. The van der Waals surface area contributed by atoms with E-state index in [2.05, 4.69) is 48.4 Å². The van der Waals surface area contributed by atoms with E-state index in [-0.39, 0.29) is 11.3 Å². The lowest BCUT2D eigenvalue weighted by molar-refractivity contribution is -0.116. The number of hydrogen-bond acceptors (Lipinski definition) is 4. The summed E-state index contributed by atoms with van der Waals surface area (Å²) < 4.78 is 0. The van der Waals surface area contributed by atoms with Gasteiger partial charge in [0, 0.05) is 0 Å². The van der Waals surface area contributed by atoms with Gasteiger partial charge in [-0.15, -0.1) is 5.10 Å². The number of nitrogens with one attached hydrogen (secondary N) is 1. The zero-order valence-corrected chi connectivity index (χ0v) is 11.7. The maximum Gasteiger partial charge on any atom is 0.236 e. The topological polar surface area (TPSA) is 53.8 Å². The van der Waals surface area contributed by atoms with Gasteiger partial charge in [0.2, 0.25) is 5.91 Å². The fraction of sp³-hybridized carbons (Fsp3) is 0.462. The molecular formula is C13H17N3OS. The van der Waals surface area contributed by atoms with E-state index in [9.17, 15) is 4.79 Å². The SMILES string of the molecule is CC1=C(/C=N/N=C2/NC(=O)CS2)C(C)(C)CC=C1. The number of nitrogens with zero attached hydrogens (tertiary/aromatic N) is 2. The van der Waals surface area contributed by atoms with Gasteiger partial charge in [0.25, 0.3) is 0 Å². The van der Waals surface area contributed by atoms with E-state index in [0.717, 1.165) is 6.42 Å². The molecule has 0 bridgehead atoms. The van der Waals surface area contributed by atoms with Crippen molar-refractivity contribution in [1.82, 2.24) is 5.32 Å². The summed E-state index contributed by atoms with van der Waals surface area (Å²) in [5, 5.41) is 11.4. The van der Waals surface area contributed by atoms with E-state index >= 15 is 0 Å². The van der Waals surface area contributed by atoms with Crippen LogP contribution in [0.1, 0.15) is 27.2 Å². The third kappa shape index (κ3) is 2.90. The smallest absolute Gasteiger partial charge is 0.236 e. The van der Waals surface area contributed by atoms with Gasteiger partial charge in [-0.2, -0.15) is 5.10 Å². The van der Waals surface area contributed by atoms with Crippen molar-refractivity contribution in [2.24, 2.45) is 15.6 Å². The summed E-state index contributed by atoms with van der Waals surface area (Å²) in [6.45, 7) is 6.47. The van der Waals surface area contributed by atoms with Gasteiger partial charge in [0.05, 0.1) is 12.0 Å². The second-order valence-electron chi connectivity index (χ2n) is 5.07. The van der Waals surface area contributed by atoms with Crippen LogP contribution in [0.2, 0.25) is 0 Å². The molecule has 1 aliphatic carbocycles. The van der Waals surface area contributed by atoms with Gasteiger partial charge in [0.15, 0.2) is 5.17 Å². The Labute approximate surface area is 111 Å². The first kappa shape index (κ1) is 13.1. The van der Waals surface area contributed by atoms with E-state index in [1.54, 1.807) is 6.21 Å². The van der Waals surface area contributed by atoms with Gasteiger partial charge >= 0.3 is 0 Å². The number of allylic oxidation sites excluding steroid dienone is 4. The molecule has 1 amide bonds. The molecule has 5 heteroatoms. The molecule has 1 saturated heterocycles. The lowest BCUT2D eigenvalue weighted by Gasteiger charge is -2.28. The van der Waals surface area contributed by atoms with Crippen molar-refractivity contribution < 1.29 is 4.79 Å². The number of thioether (sulfide) groups is 1. The Morgan fingerprint density at radius 3 is 2.89 bits per heavy atom. The summed E-state index contributed by atoms with van der Waals surface area (Å²) >= 11 is 1.38. The number of carbonyl (C=O) groups is 1. The summed E-state index contributed by atoms with van der Waals surface area (Å²) in [5.41, 5.74) is 2.51. The Morgan fingerprint density at radius 2 is 2.28 bits per heavy atom. The van der Waals surface area contributed by atoms with Gasteiger partial charge < -0.3 is 5.32 Å². The van der Waals surface area contributed by atoms with Crippen molar-refractivity contribution in [3.63, 3.8) is 0 Å². The van der Waals surface area contributed by atoms with Crippen LogP contribution in [0.3, 0.4) is 0 Å². The molecule has 0 aromatic rings. The van der Waals surface area contributed by atoms with Gasteiger partial charge in [-0.1, -0.05) is 37.8 Å². The van der Waals surface area contributed by atoms with E-state index in [1.807, 2.05) is 0 Å². The Bertz CT molecular complexity index is 486. The van der Waals surface area contributed by atoms with Crippen LogP contribution >= 0.6 is 11.8 Å². The van der Waals surface area contributed by atoms with Crippen molar-refractivity contribution >= 4 is 29.1 Å². The quantitative estimate of drug-likeness (QED) is 0.614.